The van der Waals surface area contributed by atoms with E-state index >= 15 is 0 Å². The second-order valence-corrected chi connectivity index (χ2v) is 3.02. The van der Waals surface area contributed by atoms with Gasteiger partial charge in [0.05, 0.1) is 6.61 Å². The number of carbonyl (C=O) groups excluding carboxylic acids is 1. The highest BCUT2D eigenvalue weighted by Crippen LogP contribution is 1.99. The smallest absolute Gasteiger partial charge is 0.233 e. The van der Waals surface area contributed by atoms with Crippen molar-refractivity contribution in [1.82, 2.24) is 5.43 Å². The summed E-state index contributed by atoms with van der Waals surface area (Å²) in [5, 5.41) is 0. The maximum absolute atomic E-state index is 10.7. The molecule has 0 rings (SSSR count). The predicted octanol–water partition coefficient (Wildman–Crippen LogP) is 1.13. The normalized spacial score (nSPS) is 10.7. The van der Waals surface area contributed by atoms with Crippen LogP contribution in [-0.2, 0) is 9.53 Å². The number of ether oxygens (including phenoxy) is 1. The first-order chi connectivity index (χ1) is 6.81. The first kappa shape index (κ1) is 13.1. The lowest BCUT2D eigenvalue weighted by Crippen LogP contribution is -2.29. The molecular weight excluding hydrogens is 180 g/mol. The Bertz CT molecular complexity index is 170. The molecule has 0 aromatic heterocycles. The van der Waals surface area contributed by atoms with Gasteiger partial charge >= 0.3 is 0 Å². The molecule has 0 bridgehead atoms. The molecule has 14 heavy (non-hydrogen) atoms. The molecule has 0 aliphatic heterocycles. The quantitative estimate of drug-likeness (QED) is 0.203. The summed E-state index contributed by atoms with van der Waals surface area (Å²) < 4.78 is 5.30. The van der Waals surface area contributed by atoms with Crippen molar-refractivity contribution in [2.75, 3.05) is 13.2 Å². The molecular formula is C10H20N2O2. The molecule has 4 nitrogen and oxygen atoms in total. The van der Waals surface area contributed by atoms with Gasteiger partial charge in [0.15, 0.2) is 0 Å². The maximum Gasteiger partial charge on any atom is 0.233 e. The largest absolute Gasteiger partial charge is 0.377 e. The van der Waals surface area contributed by atoms with Crippen LogP contribution in [0.3, 0.4) is 0 Å². The van der Waals surface area contributed by atoms with E-state index in [0.29, 0.717) is 13.0 Å². The summed E-state index contributed by atoms with van der Waals surface area (Å²) in [5.74, 6) is 4.84. The molecule has 0 radical (unpaired) electrons. The van der Waals surface area contributed by atoms with Gasteiger partial charge in [-0.1, -0.05) is 18.6 Å². The molecule has 3 N–H and O–H groups in total. The van der Waals surface area contributed by atoms with E-state index in [9.17, 15) is 4.79 Å². The number of rotatable bonds is 8. The summed E-state index contributed by atoms with van der Waals surface area (Å²) in [6, 6.07) is 0. The van der Waals surface area contributed by atoms with Crippen LogP contribution < -0.4 is 11.3 Å². The Balaban J connectivity index is 3.02. The van der Waals surface area contributed by atoms with Gasteiger partial charge in [-0.3, -0.25) is 10.2 Å². The summed E-state index contributed by atoms with van der Waals surface area (Å²) in [4.78, 5) is 10.7. The minimum atomic E-state index is -0.0974. The number of unbranched alkanes of at least 4 members (excludes halogenated alkanes) is 2. The van der Waals surface area contributed by atoms with Gasteiger partial charge in [-0.25, -0.2) is 5.84 Å². The molecule has 0 heterocycles. The lowest BCUT2D eigenvalue weighted by molar-refractivity contribution is -0.121. The Kier molecular flexibility index (Phi) is 9.58. The summed E-state index contributed by atoms with van der Waals surface area (Å²) >= 11 is 0. The molecule has 0 aromatic carbocycles. The minimum Gasteiger partial charge on any atom is -0.377 e. The molecule has 82 valence electrons. The van der Waals surface area contributed by atoms with Gasteiger partial charge in [0.25, 0.3) is 0 Å². The summed E-state index contributed by atoms with van der Waals surface area (Å²) in [7, 11) is 0. The second-order valence-electron chi connectivity index (χ2n) is 3.02. The van der Waals surface area contributed by atoms with Crippen molar-refractivity contribution in [3.05, 3.63) is 12.2 Å². The van der Waals surface area contributed by atoms with Crippen LogP contribution in [-0.4, -0.2) is 19.1 Å². The van der Waals surface area contributed by atoms with Gasteiger partial charge in [0, 0.05) is 13.0 Å². The Labute approximate surface area is 85.5 Å². The number of amides is 1. The topological polar surface area (TPSA) is 64.3 Å². The highest BCUT2D eigenvalue weighted by molar-refractivity contribution is 5.74. The Hall–Kier alpha value is -0.870. The van der Waals surface area contributed by atoms with Gasteiger partial charge in [0.2, 0.25) is 5.91 Å². The monoisotopic (exact) mass is 200 g/mol. The van der Waals surface area contributed by atoms with Crippen LogP contribution in [0.2, 0.25) is 0 Å². The third-order valence-corrected chi connectivity index (χ3v) is 1.80. The van der Waals surface area contributed by atoms with Gasteiger partial charge in [-0.2, -0.15) is 0 Å². The van der Waals surface area contributed by atoms with Crippen molar-refractivity contribution >= 4 is 5.91 Å². The fraction of sp³-hybridized carbons (Fsp3) is 0.700. The average molecular weight is 200 g/mol. The molecule has 4 heteroatoms. The lowest BCUT2D eigenvalue weighted by Gasteiger charge is -2.01. The van der Waals surface area contributed by atoms with Gasteiger partial charge in [-0.15, -0.1) is 0 Å². The molecule has 0 saturated carbocycles. The van der Waals surface area contributed by atoms with Crippen LogP contribution in [0.1, 0.15) is 32.6 Å². The van der Waals surface area contributed by atoms with Crippen molar-refractivity contribution in [2.24, 2.45) is 5.84 Å². The highest BCUT2D eigenvalue weighted by Gasteiger charge is 1.96. The Morgan fingerprint density at radius 1 is 1.43 bits per heavy atom. The molecule has 0 aliphatic rings. The summed E-state index contributed by atoms with van der Waals surface area (Å²) in [5.41, 5.74) is 2.10. The molecule has 0 atom stereocenters. The van der Waals surface area contributed by atoms with E-state index in [1.165, 1.54) is 0 Å². The fourth-order valence-electron chi connectivity index (χ4n) is 0.986. The van der Waals surface area contributed by atoms with E-state index in [1.54, 1.807) is 0 Å². The molecule has 0 spiro atoms. The first-order valence-corrected chi connectivity index (χ1v) is 4.99. The Morgan fingerprint density at radius 3 is 2.86 bits per heavy atom. The van der Waals surface area contributed by atoms with E-state index in [4.69, 9.17) is 10.6 Å². The van der Waals surface area contributed by atoms with Crippen molar-refractivity contribution in [3.8, 4) is 0 Å². The average Bonchev–Trinajstić information content (AvgIpc) is 2.21. The van der Waals surface area contributed by atoms with Crippen LogP contribution in [0, 0.1) is 0 Å². The van der Waals surface area contributed by atoms with Crippen LogP contribution in [0.25, 0.3) is 0 Å². The van der Waals surface area contributed by atoms with Crippen molar-refractivity contribution in [3.63, 3.8) is 0 Å². The van der Waals surface area contributed by atoms with E-state index in [-0.39, 0.29) is 5.91 Å². The van der Waals surface area contributed by atoms with Gasteiger partial charge < -0.3 is 4.74 Å². The van der Waals surface area contributed by atoms with E-state index in [0.717, 1.165) is 25.9 Å². The number of nitrogens with one attached hydrogen (secondary N) is 1. The van der Waals surface area contributed by atoms with Gasteiger partial charge in [0.1, 0.15) is 0 Å². The first-order valence-electron chi connectivity index (χ1n) is 4.99. The van der Waals surface area contributed by atoms with Crippen LogP contribution in [0.5, 0.6) is 0 Å². The third kappa shape index (κ3) is 9.22. The summed E-state index contributed by atoms with van der Waals surface area (Å²) in [6.07, 6.45) is 7.31. The second kappa shape index (κ2) is 10.2. The Morgan fingerprint density at radius 2 is 2.21 bits per heavy atom. The highest BCUT2D eigenvalue weighted by atomic mass is 16.5. The number of nitrogens with two attached hydrogens (primary N) is 1. The number of hydrazine groups is 1. The van der Waals surface area contributed by atoms with Crippen LogP contribution >= 0.6 is 0 Å². The predicted molar refractivity (Wildman–Crippen MR) is 56.4 cm³/mol. The van der Waals surface area contributed by atoms with Crippen molar-refractivity contribution in [2.45, 2.75) is 32.6 Å². The van der Waals surface area contributed by atoms with E-state index < -0.39 is 0 Å². The SMILES string of the molecule is CC=CCOCCCCCC(=O)NN. The molecule has 0 unspecified atom stereocenters. The van der Waals surface area contributed by atoms with Crippen molar-refractivity contribution in [1.29, 1.82) is 0 Å². The maximum atomic E-state index is 10.7. The fourth-order valence-corrected chi connectivity index (χ4v) is 0.986. The zero-order valence-electron chi connectivity index (χ0n) is 8.79. The lowest BCUT2D eigenvalue weighted by atomic mass is 10.2. The number of hydrogen-bond acceptors (Lipinski definition) is 3. The summed E-state index contributed by atoms with van der Waals surface area (Å²) in [6.45, 7) is 3.41. The van der Waals surface area contributed by atoms with Crippen molar-refractivity contribution < 1.29 is 9.53 Å². The molecule has 0 aromatic rings. The molecule has 0 fully saturated rings. The number of allylic oxidation sites excluding steroid dienone is 1. The zero-order chi connectivity index (χ0) is 10.6. The van der Waals surface area contributed by atoms with Gasteiger partial charge in [-0.05, 0) is 19.8 Å². The molecule has 0 saturated heterocycles. The molecule has 1 amide bonds. The minimum absolute atomic E-state index is 0.0974. The molecule has 0 aliphatic carbocycles. The van der Waals surface area contributed by atoms with E-state index in [2.05, 4.69) is 5.43 Å². The zero-order valence-corrected chi connectivity index (χ0v) is 8.79. The number of carbonyl (C=O) groups is 1. The van der Waals surface area contributed by atoms with Crippen LogP contribution in [0.4, 0.5) is 0 Å². The van der Waals surface area contributed by atoms with E-state index in [1.807, 2.05) is 19.1 Å². The van der Waals surface area contributed by atoms with Crippen LogP contribution in [0.15, 0.2) is 12.2 Å². The standard InChI is InChI=1S/C10H20N2O2/c1-2-3-8-14-9-6-4-5-7-10(13)12-11/h2-3H,4-9,11H2,1H3,(H,12,13). The number of hydrogen-bond donors (Lipinski definition) is 2. The third-order valence-electron chi connectivity index (χ3n) is 1.80.